The molecule has 7 heteroatoms. The molecule has 1 fully saturated rings. The predicted molar refractivity (Wildman–Crippen MR) is 94.8 cm³/mol. The number of benzene rings is 2. The Balaban J connectivity index is 1.69. The van der Waals surface area contributed by atoms with E-state index in [2.05, 4.69) is 0 Å². The highest BCUT2D eigenvalue weighted by Gasteiger charge is 2.32. The number of piperidine rings is 1. The Bertz CT molecular complexity index is 829. The van der Waals surface area contributed by atoms with Gasteiger partial charge in [0.1, 0.15) is 16.5 Å². The molecule has 1 heterocycles. The molecule has 1 aliphatic rings. The molecule has 0 spiro atoms. The molecule has 0 aliphatic carbocycles. The van der Waals surface area contributed by atoms with E-state index in [0.29, 0.717) is 19.7 Å². The highest BCUT2D eigenvalue weighted by molar-refractivity contribution is 7.89. The minimum atomic E-state index is -3.75. The van der Waals surface area contributed by atoms with Crippen LogP contribution in [0.1, 0.15) is 12.8 Å². The normalized spacial score (nSPS) is 18.9. The van der Waals surface area contributed by atoms with Crippen molar-refractivity contribution in [2.75, 3.05) is 19.7 Å². The van der Waals surface area contributed by atoms with E-state index in [1.165, 1.54) is 10.4 Å². The molecule has 4 nitrogen and oxygen atoms in total. The summed E-state index contributed by atoms with van der Waals surface area (Å²) >= 11 is 5.94. The Labute approximate surface area is 152 Å². The van der Waals surface area contributed by atoms with Gasteiger partial charge in [-0.25, -0.2) is 12.8 Å². The van der Waals surface area contributed by atoms with Gasteiger partial charge in [-0.1, -0.05) is 29.8 Å². The van der Waals surface area contributed by atoms with Crippen LogP contribution in [0.5, 0.6) is 5.75 Å². The van der Waals surface area contributed by atoms with Crippen molar-refractivity contribution >= 4 is 21.6 Å². The topological polar surface area (TPSA) is 46.6 Å². The quantitative estimate of drug-likeness (QED) is 0.785. The minimum absolute atomic E-state index is 0.0554. The summed E-state index contributed by atoms with van der Waals surface area (Å²) in [6.07, 6.45) is 1.65. The molecule has 134 valence electrons. The summed E-state index contributed by atoms with van der Waals surface area (Å²) in [5.74, 6) is 0.309. The number of halogens is 2. The fourth-order valence-corrected chi connectivity index (χ4v) is 5.00. The molecule has 2 aromatic rings. The molecule has 1 saturated heterocycles. The summed E-state index contributed by atoms with van der Waals surface area (Å²) in [5, 5.41) is -0.0948. The van der Waals surface area contributed by atoms with E-state index < -0.39 is 15.8 Å². The molecular formula is C18H19ClFNO3S. The van der Waals surface area contributed by atoms with E-state index in [0.717, 1.165) is 30.7 Å². The van der Waals surface area contributed by atoms with Crippen molar-refractivity contribution in [3.05, 3.63) is 59.4 Å². The van der Waals surface area contributed by atoms with Crippen LogP contribution >= 0.6 is 11.6 Å². The number of hydrogen-bond donors (Lipinski definition) is 0. The number of sulfonamides is 1. The Morgan fingerprint density at radius 3 is 2.68 bits per heavy atom. The van der Waals surface area contributed by atoms with Crippen molar-refractivity contribution in [1.29, 1.82) is 0 Å². The predicted octanol–water partition coefficient (Wildman–Crippen LogP) is 3.96. The van der Waals surface area contributed by atoms with Gasteiger partial charge < -0.3 is 4.74 Å². The summed E-state index contributed by atoms with van der Waals surface area (Å²) in [6.45, 7) is 1.24. The largest absolute Gasteiger partial charge is 0.493 e. The van der Waals surface area contributed by atoms with Gasteiger partial charge in [0.05, 0.1) is 11.6 Å². The number of rotatable bonds is 5. The third kappa shape index (κ3) is 4.32. The third-order valence-corrected chi connectivity index (χ3v) is 6.57. The number of nitrogens with zero attached hydrogens (tertiary/aromatic N) is 1. The number of ether oxygens (including phenoxy) is 1. The van der Waals surface area contributed by atoms with Crippen LogP contribution < -0.4 is 4.74 Å². The zero-order valence-electron chi connectivity index (χ0n) is 13.6. The van der Waals surface area contributed by atoms with Crippen molar-refractivity contribution in [2.45, 2.75) is 17.7 Å². The molecule has 0 saturated carbocycles. The third-order valence-electron chi connectivity index (χ3n) is 4.22. The summed E-state index contributed by atoms with van der Waals surface area (Å²) in [6, 6.07) is 12.8. The molecule has 1 atom stereocenters. The minimum Gasteiger partial charge on any atom is -0.493 e. The highest BCUT2D eigenvalue weighted by atomic mass is 35.5. The van der Waals surface area contributed by atoms with Gasteiger partial charge in [0.2, 0.25) is 10.0 Å². The second-order valence-corrected chi connectivity index (χ2v) is 8.38. The van der Waals surface area contributed by atoms with Gasteiger partial charge in [0.25, 0.3) is 0 Å². The van der Waals surface area contributed by atoms with Gasteiger partial charge in [-0.3, -0.25) is 0 Å². The van der Waals surface area contributed by atoms with E-state index in [-0.39, 0.29) is 15.8 Å². The lowest BCUT2D eigenvalue weighted by Gasteiger charge is -2.32. The van der Waals surface area contributed by atoms with Gasteiger partial charge in [0, 0.05) is 19.0 Å². The molecule has 0 aromatic heterocycles. The molecule has 0 N–H and O–H groups in total. The summed E-state index contributed by atoms with van der Waals surface area (Å²) < 4.78 is 46.0. The van der Waals surface area contributed by atoms with Crippen molar-refractivity contribution in [3.63, 3.8) is 0 Å². The first-order chi connectivity index (χ1) is 12.0. The van der Waals surface area contributed by atoms with Crippen molar-refractivity contribution in [2.24, 2.45) is 5.92 Å². The molecule has 0 radical (unpaired) electrons. The molecule has 1 aliphatic heterocycles. The van der Waals surface area contributed by atoms with Crippen LogP contribution in [-0.4, -0.2) is 32.4 Å². The van der Waals surface area contributed by atoms with Crippen LogP contribution in [0.25, 0.3) is 0 Å². The summed E-state index contributed by atoms with van der Waals surface area (Å²) in [7, 11) is -3.75. The van der Waals surface area contributed by atoms with Crippen LogP contribution in [0.15, 0.2) is 53.4 Å². The van der Waals surface area contributed by atoms with Gasteiger partial charge in [0.15, 0.2) is 0 Å². The van der Waals surface area contributed by atoms with Crippen molar-refractivity contribution in [3.8, 4) is 5.75 Å². The Morgan fingerprint density at radius 2 is 1.96 bits per heavy atom. The summed E-state index contributed by atoms with van der Waals surface area (Å²) in [5.41, 5.74) is 0. The lowest BCUT2D eigenvalue weighted by Crippen LogP contribution is -2.41. The van der Waals surface area contributed by atoms with Crippen LogP contribution in [0.4, 0.5) is 4.39 Å². The van der Waals surface area contributed by atoms with E-state index in [1.54, 1.807) is 0 Å². The molecular weight excluding hydrogens is 365 g/mol. The highest BCUT2D eigenvalue weighted by Crippen LogP contribution is 2.29. The molecule has 0 bridgehead atoms. The van der Waals surface area contributed by atoms with Crippen LogP contribution in [-0.2, 0) is 10.0 Å². The summed E-state index contributed by atoms with van der Waals surface area (Å²) in [4.78, 5) is -0.0554. The maximum atomic E-state index is 13.2. The molecule has 2 aromatic carbocycles. The fraction of sp³-hybridized carbons (Fsp3) is 0.333. The number of para-hydroxylation sites is 1. The van der Waals surface area contributed by atoms with E-state index in [4.69, 9.17) is 16.3 Å². The maximum Gasteiger partial charge on any atom is 0.244 e. The van der Waals surface area contributed by atoms with Gasteiger partial charge in [-0.15, -0.1) is 0 Å². The average Bonchev–Trinajstić information content (AvgIpc) is 2.61. The van der Waals surface area contributed by atoms with E-state index >= 15 is 0 Å². The molecule has 1 unspecified atom stereocenters. The SMILES string of the molecule is O=S(=O)(c1ccc(F)cc1Cl)N1CCCC(COc2ccccc2)C1. The smallest absolute Gasteiger partial charge is 0.244 e. The van der Waals surface area contributed by atoms with Gasteiger partial charge in [-0.05, 0) is 43.2 Å². The zero-order chi connectivity index (χ0) is 17.9. The Hall–Kier alpha value is -1.63. The maximum absolute atomic E-state index is 13.2. The molecule has 25 heavy (non-hydrogen) atoms. The first kappa shape index (κ1) is 18.2. The van der Waals surface area contributed by atoms with Crippen molar-refractivity contribution < 1.29 is 17.5 Å². The lowest BCUT2D eigenvalue weighted by molar-refractivity contribution is 0.180. The Kier molecular flexibility index (Phi) is 5.61. The van der Waals surface area contributed by atoms with E-state index in [9.17, 15) is 12.8 Å². The fourth-order valence-electron chi connectivity index (χ4n) is 2.94. The standard InChI is InChI=1S/C18H19ClFNO3S/c19-17-11-15(20)8-9-18(17)25(22,23)21-10-4-5-14(12-21)13-24-16-6-2-1-3-7-16/h1-3,6-9,11,14H,4-5,10,12-13H2. The second-order valence-electron chi connectivity index (χ2n) is 6.07. The van der Waals surface area contributed by atoms with Crippen LogP contribution in [0, 0.1) is 11.7 Å². The zero-order valence-corrected chi connectivity index (χ0v) is 15.1. The van der Waals surface area contributed by atoms with Crippen LogP contribution in [0.3, 0.4) is 0 Å². The molecule has 0 amide bonds. The lowest BCUT2D eigenvalue weighted by atomic mass is 10.0. The first-order valence-electron chi connectivity index (χ1n) is 8.10. The van der Waals surface area contributed by atoms with Gasteiger partial charge in [-0.2, -0.15) is 4.31 Å². The number of hydrogen-bond acceptors (Lipinski definition) is 3. The monoisotopic (exact) mass is 383 g/mol. The van der Waals surface area contributed by atoms with Crippen LogP contribution in [0.2, 0.25) is 5.02 Å². The van der Waals surface area contributed by atoms with Gasteiger partial charge >= 0.3 is 0 Å². The first-order valence-corrected chi connectivity index (χ1v) is 9.91. The Morgan fingerprint density at radius 1 is 1.20 bits per heavy atom. The molecule has 3 rings (SSSR count). The average molecular weight is 384 g/mol. The van der Waals surface area contributed by atoms with E-state index in [1.807, 2.05) is 30.3 Å². The van der Waals surface area contributed by atoms with Crippen molar-refractivity contribution in [1.82, 2.24) is 4.31 Å². The second kappa shape index (κ2) is 7.72.